The molecule has 0 atom stereocenters. The summed E-state index contributed by atoms with van der Waals surface area (Å²) in [5.74, 6) is -1.15. The zero-order valence-corrected chi connectivity index (χ0v) is 36.8. The Morgan fingerprint density at radius 2 is 1.70 bits per heavy atom. The molecule has 4 aliphatic heterocycles. The van der Waals surface area contributed by atoms with Crippen molar-refractivity contribution in [1.29, 1.82) is 0 Å². The monoisotopic (exact) mass is 887 g/mol. The fourth-order valence-electron chi connectivity index (χ4n) is 9.48. The van der Waals surface area contributed by atoms with Crippen LogP contribution in [0.5, 0.6) is 0 Å². The number of amides is 6. The van der Waals surface area contributed by atoms with Gasteiger partial charge in [0.25, 0.3) is 11.8 Å². The molecule has 0 bridgehead atoms. The van der Waals surface area contributed by atoms with E-state index in [9.17, 15) is 24.0 Å². The number of carbonyl (C=O) groups excluding carboxylic acids is 5. The number of aryl methyl sites for hydroxylation is 1. The number of benzene rings is 3. The number of H-pyrrole nitrogens is 1. The minimum absolute atomic E-state index is 0.0129. The Balaban J connectivity index is 0.833. The molecule has 2 aromatic heterocycles. The van der Waals surface area contributed by atoms with Crippen molar-refractivity contribution >= 4 is 63.4 Å². The van der Waals surface area contributed by atoms with Crippen molar-refractivity contribution in [3.8, 4) is 11.1 Å². The van der Waals surface area contributed by atoms with E-state index < -0.39 is 11.8 Å². The third kappa shape index (κ3) is 8.66. The molecule has 14 nitrogen and oxygen atoms in total. The lowest BCUT2D eigenvalue weighted by Gasteiger charge is -2.54. The number of hydrogen-bond donors (Lipinski definition) is 2. The molecule has 1 spiro atoms. The van der Waals surface area contributed by atoms with Gasteiger partial charge in [-0.05, 0) is 97.4 Å². The van der Waals surface area contributed by atoms with E-state index in [1.54, 1.807) is 54.1 Å². The number of aromatic amines is 1. The van der Waals surface area contributed by atoms with Gasteiger partial charge >= 0.3 is 6.03 Å². The topological polar surface area (TPSA) is 147 Å². The molecule has 0 unspecified atom stereocenters. The first kappa shape index (κ1) is 43.0. The summed E-state index contributed by atoms with van der Waals surface area (Å²) in [7, 11) is 3.33. The molecule has 3 saturated heterocycles. The highest BCUT2D eigenvalue weighted by atomic mass is 35.5. The first-order valence-electron chi connectivity index (χ1n) is 21.9. The van der Waals surface area contributed by atoms with E-state index in [1.165, 1.54) is 15.4 Å². The maximum absolute atomic E-state index is 16.6. The van der Waals surface area contributed by atoms with E-state index in [4.69, 9.17) is 11.6 Å². The Morgan fingerprint density at radius 3 is 2.42 bits per heavy atom. The van der Waals surface area contributed by atoms with Crippen molar-refractivity contribution in [2.24, 2.45) is 5.41 Å². The minimum Gasteiger partial charge on any atom is -0.348 e. The molecule has 5 aromatic rings. The highest BCUT2D eigenvalue weighted by molar-refractivity contribution is 6.34. The normalized spacial score (nSPS) is 17.7. The molecule has 64 heavy (non-hydrogen) atoms. The number of carbonyl (C=O) groups is 5. The first-order chi connectivity index (χ1) is 30.8. The lowest BCUT2D eigenvalue weighted by Crippen LogP contribution is -2.61. The lowest BCUT2D eigenvalue weighted by molar-refractivity contribution is -0.131. The average molecular weight is 888 g/mol. The molecule has 0 saturated carbocycles. The molecule has 3 aromatic carbocycles. The predicted molar refractivity (Wildman–Crippen MR) is 242 cm³/mol. The third-order valence-corrected chi connectivity index (χ3v) is 13.5. The van der Waals surface area contributed by atoms with Gasteiger partial charge in [-0.1, -0.05) is 41.9 Å². The second-order valence-corrected chi connectivity index (χ2v) is 18.1. The first-order valence-corrected chi connectivity index (χ1v) is 22.3. The number of likely N-dealkylation sites (tertiary alicyclic amines) is 2. The fraction of sp³-hybridized carbons (Fsp3) is 0.375. The zero-order valence-electron chi connectivity index (χ0n) is 36.0. The van der Waals surface area contributed by atoms with Crippen LogP contribution in [0.1, 0.15) is 64.1 Å². The summed E-state index contributed by atoms with van der Waals surface area (Å²) in [6.45, 7) is 5.66. The van der Waals surface area contributed by atoms with Crippen LogP contribution in [0, 0.1) is 11.2 Å². The molecular weight excluding hydrogens is 837 g/mol. The highest BCUT2D eigenvalue weighted by Gasteiger charge is 2.47. The van der Waals surface area contributed by atoms with Gasteiger partial charge in [0.05, 0.1) is 16.2 Å². The van der Waals surface area contributed by atoms with Crippen LogP contribution in [0.2, 0.25) is 5.02 Å². The summed E-state index contributed by atoms with van der Waals surface area (Å²) in [6, 6.07) is 18.2. The van der Waals surface area contributed by atoms with Crippen molar-refractivity contribution in [2.75, 3.05) is 71.4 Å². The van der Waals surface area contributed by atoms with E-state index in [1.807, 2.05) is 29.3 Å². The number of fused-ring (bicyclic) bond motifs is 1. The van der Waals surface area contributed by atoms with E-state index >= 15 is 4.39 Å². The minimum atomic E-state index is -0.546. The fourth-order valence-corrected chi connectivity index (χ4v) is 9.70. The Morgan fingerprint density at radius 1 is 0.922 bits per heavy atom. The van der Waals surface area contributed by atoms with Crippen LogP contribution in [-0.4, -0.2) is 130 Å². The van der Waals surface area contributed by atoms with Gasteiger partial charge in [0.15, 0.2) is 5.82 Å². The maximum Gasteiger partial charge on any atom is 0.328 e. The quantitative estimate of drug-likeness (QED) is 0.155. The van der Waals surface area contributed by atoms with Crippen LogP contribution in [0.4, 0.5) is 14.9 Å². The maximum atomic E-state index is 16.6. The molecule has 2 N–H and O–H groups in total. The second kappa shape index (κ2) is 17.7. The molecule has 0 radical (unpaired) electrons. The number of nitrogens with zero attached hydrogens (tertiary/aromatic N) is 7. The average Bonchev–Trinajstić information content (AvgIpc) is 3.99. The van der Waals surface area contributed by atoms with Gasteiger partial charge in [-0.3, -0.25) is 34.1 Å². The number of rotatable bonds is 11. The Kier molecular flexibility index (Phi) is 11.9. The van der Waals surface area contributed by atoms with Gasteiger partial charge in [-0.25, -0.2) is 9.18 Å². The Bertz CT molecular complexity index is 2660. The summed E-state index contributed by atoms with van der Waals surface area (Å²) >= 11 is 6.42. The Hall–Kier alpha value is -6.32. The molecule has 6 amide bonds. The van der Waals surface area contributed by atoms with Crippen molar-refractivity contribution in [1.82, 2.24) is 39.7 Å². The van der Waals surface area contributed by atoms with Gasteiger partial charge in [-0.2, -0.15) is 5.10 Å². The van der Waals surface area contributed by atoms with Gasteiger partial charge in [0, 0.05) is 107 Å². The smallest absolute Gasteiger partial charge is 0.328 e. The van der Waals surface area contributed by atoms with E-state index in [0.717, 1.165) is 55.6 Å². The highest BCUT2D eigenvalue weighted by Crippen LogP contribution is 2.42. The van der Waals surface area contributed by atoms with E-state index in [0.29, 0.717) is 71.9 Å². The Labute approximate surface area is 375 Å². The number of imide groups is 1. The van der Waals surface area contributed by atoms with Crippen molar-refractivity contribution < 1.29 is 28.4 Å². The summed E-state index contributed by atoms with van der Waals surface area (Å²) < 4.78 is 18.3. The molecule has 16 heteroatoms. The second-order valence-electron chi connectivity index (χ2n) is 17.7. The molecule has 6 heterocycles. The number of anilines is 1. The van der Waals surface area contributed by atoms with Gasteiger partial charge in [0.2, 0.25) is 11.8 Å². The molecular formula is C48H51ClFN9O5. The molecule has 4 aliphatic rings. The van der Waals surface area contributed by atoms with Crippen LogP contribution in [0.25, 0.3) is 27.6 Å². The van der Waals surface area contributed by atoms with Gasteiger partial charge < -0.3 is 24.6 Å². The lowest BCUT2D eigenvalue weighted by atomic mass is 9.71. The number of urea groups is 1. The number of nitrogens with one attached hydrogen (secondary N) is 2. The SMILES string of the molecule is CN(C)C(=O)c1cc2c(-c3ccc(CCN4CCC5(CC4)CN(C(=O)c4ccc(Cl)c(N6CCC(=O)NC6=O)c4)C5)cc3)cc(C3=CCCN(C(=O)CCn4cccn4)C3)c(F)c2[nH]1. The largest absolute Gasteiger partial charge is 0.348 e. The summed E-state index contributed by atoms with van der Waals surface area (Å²) in [4.78, 5) is 76.0. The van der Waals surface area contributed by atoms with Crippen molar-refractivity contribution in [3.05, 3.63) is 112 Å². The third-order valence-electron chi connectivity index (χ3n) is 13.2. The van der Waals surface area contributed by atoms with E-state index in [2.05, 4.69) is 44.6 Å². The molecule has 9 rings (SSSR count). The van der Waals surface area contributed by atoms with Crippen LogP contribution in [-0.2, 0) is 22.6 Å². The number of hydrogen-bond acceptors (Lipinski definition) is 7. The van der Waals surface area contributed by atoms with Crippen LogP contribution < -0.4 is 10.2 Å². The van der Waals surface area contributed by atoms with Crippen LogP contribution in [0.15, 0.2) is 79.1 Å². The summed E-state index contributed by atoms with van der Waals surface area (Å²) in [5.41, 5.74) is 5.54. The van der Waals surface area contributed by atoms with Crippen LogP contribution in [0.3, 0.4) is 0 Å². The zero-order chi connectivity index (χ0) is 44.7. The number of aromatic nitrogens is 3. The standard InChI is InChI=1S/C48H51ClFN9O5/c1-54(2)46(63)39-27-37-35(26-36(43(50)44(37)52-39)34-5-3-18-56(28-34)42(61)14-21-58-19-4-17-51-58)32-8-6-31(7-9-32)12-20-55-23-15-48(16-24-55)29-57(30-48)45(62)33-10-11-38(49)40(25-33)59-22-13-41(60)53-47(59)64/h4-11,17,19,25-27,52H,3,12-16,18,20-24,28-30H2,1-2H3,(H,53,60,64). The van der Waals surface area contributed by atoms with E-state index in [-0.39, 0.29) is 54.1 Å². The summed E-state index contributed by atoms with van der Waals surface area (Å²) in [5, 5.41) is 7.46. The van der Waals surface area contributed by atoms with Gasteiger partial charge in [-0.15, -0.1) is 0 Å². The summed E-state index contributed by atoms with van der Waals surface area (Å²) in [6.07, 6.45) is 9.43. The molecule has 332 valence electrons. The molecule has 0 aliphatic carbocycles. The number of piperidine rings is 1. The predicted octanol–water partition coefficient (Wildman–Crippen LogP) is 6.46. The van der Waals surface area contributed by atoms with Gasteiger partial charge in [0.1, 0.15) is 5.69 Å². The van der Waals surface area contributed by atoms with Crippen molar-refractivity contribution in [3.63, 3.8) is 0 Å². The number of halogens is 2. The van der Waals surface area contributed by atoms with Crippen molar-refractivity contribution in [2.45, 2.75) is 45.1 Å². The van der Waals surface area contributed by atoms with Crippen LogP contribution >= 0.6 is 11.6 Å². The molecule has 3 fully saturated rings.